The van der Waals surface area contributed by atoms with Gasteiger partial charge in [-0.15, -0.1) is 11.6 Å². The number of hydrogen-bond acceptors (Lipinski definition) is 4. The Balaban J connectivity index is 2.30. The molecule has 0 bridgehead atoms. The number of ether oxygens (including phenoxy) is 1. The van der Waals surface area contributed by atoms with Crippen LogP contribution in [0.15, 0.2) is 0 Å². The highest BCUT2D eigenvalue weighted by Crippen LogP contribution is 2.38. The lowest BCUT2D eigenvalue weighted by Gasteiger charge is -2.08. The Morgan fingerprint density at radius 2 is 2.17 bits per heavy atom. The minimum Gasteiger partial charge on any atom is -0.459 e. The second-order valence-corrected chi connectivity index (χ2v) is 6.00. The molecule has 0 N–H and O–H groups in total. The first kappa shape index (κ1) is 8.31. The Kier molecular flexibility index (Phi) is 1.63. The van der Waals surface area contributed by atoms with E-state index in [4.69, 9.17) is 16.3 Å². The summed E-state index contributed by atoms with van der Waals surface area (Å²) in [6, 6.07) is 0. The van der Waals surface area contributed by atoms with Crippen LogP contribution in [0.5, 0.6) is 0 Å². The van der Waals surface area contributed by atoms with E-state index < -0.39 is 20.7 Å². The minimum absolute atomic E-state index is 0.0163. The van der Waals surface area contributed by atoms with Crippen LogP contribution in [-0.4, -0.2) is 31.0 Å². The summed E-state index contributed by atoms with van der Waals surface area (Å²) in [4.78, 5) is 10.7. The molecule has 2 heterocycles. The van der Waals surface area contributed by atoms with E-state index in [1.54, 1.807) is 0 Å². The quantitative estimate of drug-likeness (QED) is 0.414. The standard InChI is InChI=1S/C6H7ClO4S/c7-6-5-3(1-4(8)11-5)2-12(6,9)10/h3,5-6H,1-2H2/t3-,5-,6-/m1/s1. The molecule has 0 spiro atoms. The van der Waals surface area contributed by atoms with Gasteiger partial charge in [-0.1, -0.05) is 0 Å². The molecule has 0 aromatic rings. The van der Waals surface area contributed by atoms with Crippen LogP contribution in [0, 0.1) is 5.92 Å². The van der Waals surface area contributed by atoms with Crippen LogP contribution >= 0.6 is 11.6 Å². The van der Waals surface area contributed by atoms with Crippen molar-refractivity contribution in [3.8, 4) is 0 Å². The molecular formula is C6H7ClO4S. The molecule has 0 aliphatic carbocycles. The molecule has 3 atom stereocenters. The van der Waals surface area contributed by atoms with Crippen molar-refractivity contribution in [2.45, 2.75) is 17.2 Å². The Bertz CT molecular complexity index is 322. The van der Waals surface area contributed by atoms with Crippen LogP contribution in [0.2, 0.25) is 0 Å². The molecule has 2 fully saturated rings. The van der Waals surface area contributed by atoms with Gasteiger partial charge in [-0.05, 0) is 0 Å². The van der Waals surface area contributed by atoms with Crippen LogP contribution in [0.1, 0.15) is 6.42 Å². The number of carbonyl (C=O) groups is 1. The first-order chi connectivity index (χ1) is 5.50. The van der Waals surface area contributed by atoms with Gasteiger partial charge >= 0.3 is 5.97 Å². The monoisotopic (exact) mass is 210 g/mol. The zero-order valence-corrected chi connectivity index (χ0v) is 7.64. The third kappa shape index (κ3) is 1.03. The molecule has 4 nitrogen and oxygen atoms in total. The lowest BCUT2D eigenvalue weighted by molar-refractivity contribution is -0.140. The van der Waals surface area contributed by atoms with E-state index in [2.05, 4.69) is 0 Å². The first-order valence-corrected chi connectivity index (χ1v) is 5.71. The second kappa shape index (κ2) is 2.35. The lowest BCUT2D eigenvalue weighted by atomic mass is 10.1. The van der Waals surface area contributed by atoms with Gasteiger partial charge in [0.05, 0.1) is 12.2 Å². The highest BCUT2D eigenvalue weighted by molar-refractivity contribution is 7.93. The molecule has 12 heavy (non-hydrogen) atoms. The average molecular weight is 211 g/mol. The predicted octanol–water partition coefficient (Wildman–Crippen LogP) is -0.0886. The van der Waals surface area contributed by atoms with Gasteiger partial charge in [-0.25, -0.2) is 8.42 Å². The molecule has 0 saturated carbocycles. The Morgan fingerprint density at radius 3 is 2.75 bits per heavy atom. The van der Waals surface area contributed by atoms with Gasteiger partial charge in [0.2, 0.25) is 0 Å². The number of rotatable bonds is 0. The van der Waals surface area contributed by atoms with Crippen LogP contribution in [0.4, 0.5) is 0 Å². The molecule has 68 valence electrons. The molecule has 6 heteroatoms. The van der Waals surface area contributed by atoms with Gasteiger partial charge in [-0.3, -0.25) is 4.79 Å². The van der Waals surface area contributed by atoms with E-state index in [9.17, 15) is 13.2 Å². The fraction of sp³-hybridized carbons (Fsp3) is 0.833. The number of fused-ring (bicyclic) bond motifs is 1. The number of alkyl halides is 1. The maximum Gasteiger partial charge on any atom is 0.306 e. The summed E-state index contributed by atoms with van der Waals surface area (Å²) < 4.78 is 26.1. The molecule has 2 saturated heterocycles. The van der Waals surface area contributed by atoms with E-state index in [1.807, 2.05) is 0 Å². The van der Waals surface area contributed by atoms with Gasteiger partial charge in [0.1, 0.15) is 6.10 Å². The van der Waals surface area contributed by atoms with Gasteiger partial charge in [0.15, 0.2) is 14.5 Å². The van der Waals surface area contributed by atoms with Crippen LogP contribution < -0.4 is 0 Å². The predicted molar refractivity (Wildman–Crippen MR) is 41.4 cm³/mol. The molecule has 0 aromatic carbocycles. The first-order valence-electron chi connectivity index (χ1n) is 3.56. The van der Waals surface area contributed by atoms with Crippen molar-refractivity contribution in [1.82, 2.24) is 0 Å². The van der Waals surface area contributed by atoms with Crippen molar-refractivity contribution in [2.24, 2.45) is 5.92 Å². The van der Waals surface area contributed by atoms with Crippen molar-refractivity contribution in [1.29, 1.82) is 0 Å². The van der Waals surface area contributed by atoms with Crippen molar-refractivity contribution in [3.05, 3.63) is 0 Å². The highest BCUT2D eigenvalue weighted by Gasteiger charge is 2.52. The van der Waals surface area contributed by atoms with Crippen LogP contribution in [0.3, 0.4) is 0 Å². The smallest absolute Gasteiger partial charge is 0.306 e. The molecule has 0 radical (unpaired) electrons. The molecule has 0 amide bonds. The third-order valence-electron chi connectivity index (χ3n) is 2.21. The summed E-state index contributed by atoms with van der Waals surface area (Å²) in [5.74, 6) is -0.576. The summed E-state index contributed by atoms with van der Waals surface area (Å²) >= 11 is 5.60. The summed E-state index contributed by atoms with van der Waals surface area (Å²) in [5.41, 5.74) is 0. The fourth-order valence-electron chi connectivity index (χ4n) is 1.64. The topological polar surface area (TPSA) is 60.4 Å². The number of sulfone groups is 1. The van der Waals surface area contributed by atoms with Crippen molar-refractivity contribution in [2.75, 3.05) is 5.75 Å². The fourth-order valence-corrected chi connectivity index (χ4v) is 3.89. The summed E-state index contributed by atoms with van der Waals surface area (Å²) in [6.45, 7) is 0. The summed E-state index contributed by atoms with van der Waals surface area (Å²) in [6.07, 6.45) is -0.420. The normalized spacial score (nSPS) is 44.1. The van der Waals surface area contributed by atoms with E-state index in [1.165, 1.54) is 0 Å². The van der Waals surface area contributed by atoms with Crippen molar-refractivity contribution >= 4 is 27.4 Å². The Labute approximate surface area is 74.8 Å². The van der Waals surface area contributed by atoms with E-state index in [-0.39, 0.29) is 24.1 Å². The SMILES string of the molecule is O=C1C[C@@H]2CS(=O)(=O)[C@@H](Cl)[C@@H]2O1. The molecule has 2 aliphatic heterocycles. The molecule has 2 aliphatic rings. The number of halogens is 1. The maximum atomic E-state index is 11.2. The van der Waals surface area contributed by atoms with Crippen molar-refractivity contribution < 1.29 is 17.9 Å². The van der Waals surface area contributed by atoms with Crippen LogP contribution in [-0.2, 0) is 19.4 Å². The number of esters is 1. The lowest BCUT2D eigenvalue weighted by Crippen LogP contribution is -2.22. The highest BCUT2D eigenvalue weighted by atomic mass is 35.5. The zero-order chi connectivity index (χ0) is 8.93. The molecule has 0 unspecified atom stereocenters. The van der Waals surface area contributed by atoms with E-state index in [0.717, 1.165) is 0 Å². The van der Waals surface area contributed by atoms with Gasteiger partial charge in [-0.2, -0.15) is 0 Å². The van der Waals surface area contributed by atoms with E-state index in [0.29, 0.717) is 0 Å². The Morgan fingerprint density at radius 1 is 1.50 bits per heavy atom. The van der Waals surface area contributed by atoms with Gasteiger partial charge in [0, 0.05) is 5.92 Å². The maximum absolute atomic E-state index is 11.2. The number of carbonyl (C=O) groups excluding carboxylic acids is 1. The second-order valence-electron chi connectivity index (χ2n) is 3.10. The average Bonchev–Trinajstić information content (AvgIpc) is 2.35. The Hall–Kier alpha value is -0.290. The van der Waals surface area contributed by atoms with Crippen LogP contribution in [0.25, 0.3) is 0 Å². The van der Waals surface area contributed by atoms with Crippen molar-refractivity contribution in [3.63, 3.8) is 0 Å². The van der Waals surface area contributed by atoms with Gasteiger partial charge in [0.25, 0.3) is 0 Å². The van der Waals surface area contributed by atoms with E-state index >= 15 is 0 Å². The largest absolute Gasteiger partial charge is 0.459 e. The molecular weight excluding hydrogens is 204 g/mol. The third-order valence-corrected chi connectivity index (χ3v) is 5.12. The van der Waals surface area contributed by atoms with Gasteiger partial charge < -0.3 is 4.74 Å². The molecule has 2 rings (SSSR count). The summed E-state index contributed by atoms with van der Waals surface area (Å²) in [7, 11) is -3.22. The number of hydrogen-bond donors (Lipinski definition) is 0. The minimum atomic E-state index is -3.22. The zero-order valence-electron chi connectivity index (χ0n) is 6.07. The summed E-state index contributed by atoms with van der Waals surface area (Å²) in [5, 5.41) is 0. The molecule has 0 aromatic heterocycles.